The molecule has 178 valence electrons. The number of nitrogens with zero attached hydrogens (tertiary/aromatic N) is 1. The van der Waals surface area contributed by atoms with Gasteiger partial charge >= 0.3 is 0 Å². The molecule has 4 rings (SSSR count). The molecule has 0 bridgehead atoms. The van der Waals surface area contributed by atoms with E-state index in [1.165, 1.54) is 18.1 Å². The van der Waals surface area contributed by atoms with Crippen molar-refractivity contribution in [2.75, 3.05) is 11.9 Å². The van der Waals surface area contributed by atoms with Crippen LogP contribution in [0.25, 0.3) is 6.08 Å². The Morgan fingerprint density at radius 2 is 1.94 bits per heavy atom. The van der Waals surface area contributed by atoms with E-state index in [4.69, 9.17) is 9.72 Å². The average Bonchev–Trinajstić information content (AvgIpc) is 2.87. The van der Waals surface area contributed by atoms with Crippen molar-refractivity contribution >= 4 is 11.9 Å². The normalized spacial score (nSPS) is 13.9. The Morgan fingerprint density at radius 1 is 1.06 bits per heavy atom. The highest BCUT2D eigenvalue weighted by Gasteiger charge is 2.10. The number of hydrogen-bond acceptors (Lipinski definition) is 4. The Hall–Kier alpha value is -3.18. The molecular weight excluding hydrogens is 427 g/mol. The van der Waals surface area contributed by atoms with Gasteiger partial charge in [-0.1, -0.05) is 67.5 Å². The predicted octanol–water partition coefficient (Wildman–Crippen LogP) is 6.34. The van der Waals surface area contributed by atoms with Gasteiger partial charge in [0.2, 0.25) is 0 Å². The SMILES string of the molecule is O[C@@H](/C=C/c1ccc(OCc2ccccc2)c(F)c1)CCCCCc1ccc2c(n1)NCCC2. The zero-order valence-corrected chi connectivity index (χ0v) is 19.6. The molecule has 0 radical (unpaired) electrons. The van der Waals surface area contributed by atoms with E-state index in [-0.39, 0.29) is 5.75 Å². The molecule has 0 fully saturated rings. The Kier molecular flexibility index (Phi) is 8.69. The first kappa shape index (κ1) is 24.0. The lowest BCUT2D eigenvalue weighted by molar-refractivity contribution is 0.209. The minimum absolute atomic E-state index is 0.228. The monoisotopic (exact) mass is 460 g/mol. The lowest BCUT2D eigenvalue weighted by Gasteiger charge is -2.17. The van der Waals surface area contributed by atoms with Crippen LogP contribution in [0.5, 0.6) is 5.75 Å². The van der Waals surface area contributed by atoms with Crippen LogP contribution >= 0.6 is 0 Å². The minimum Gasteiger partial charge on any atom is -0.486 e. The molecule has 0 amide bonds. The number of anilines is 1. The maximum Gasteiger partial charge on any atom is 0.165 e. The number of pyridine rings is 1. The van der Waals surface area contributed by atoms with Crippen molar-refractivity contribution in [1.29, 1.82) is 0 Å². The van der Waals surface area contributed by atoms with Crippen molar-refractivity contribution in [1.82, 2.24) is 4.98 Å². The molecule has 1 aliphatic heterocycles. The third kappa shape index (κ3) is 7.16. The van der Waals surface area contributed by atoms with Crippen molar-refractivity contribution < 1.29 is 14.2 Å². The number of rotatable bonds is 11. The maximum atomic E-state index is 14.4. The third-order valence-electron chi connectivity index (χ3n) is 6.09. The van der Waals surface area contributed by atoms with Gasteiger partial charge < -0.3 is 15.2 Å². The van der Waals surface area contributed by atoms with Gasteiger partial charge in [0.25, 0.3) is 0 Å². The molecular formula is C29H33FN2O2. The Morgan fingerprint density at radius 3 is 2.79 bits per heavy atom. The van der Waals surface area contributed by atoms with E-state index in [1.54, 1.807) is 24.3 Å². The molecule has 3 aromatic rings. The van der Waals surface area contributed by atoms with Crippen molar-refractivity contribution in [3.8, 4) is 5.75 Å². The number of aliphatic hydroxyl groups excluding tert-OH is 1. The maximum absolute atomic E-state index is 14.4. The number of aliphatic hydroxyl groups is 1. The van der Waals surface area contributed by atoms with Gasteiger partial charge in [-0.05, 0) is 67.0 Å². The fourth-order valence-corrected chi connectivity index (χ4v) is 4.14. The van der Waals surface area contributed by atoms with Crippen LogP contribution in [-0.4, -0.2) is 22.7 Å². The van der Waals surface area contributed by atoms with Crippen LogP contribution in [0.1, 0.15) is 54.5 Å². The number of nitrogens with one attached hydrogen (secondary N) is 1. The van der Waals surface area contributed by atoms with E-state index in [0.717, 1.165) is 55.7 Å². The molecule has 4 nitrogen and oxygen atoms in total. The van der Waals surface area contributed by atoms with Crippen molar-refractivity contribution in [3.05, 3.63) is 94.9 Å². The number of benzene rings is 2. The first-order chi connectivity index (χ1) is 16.7. The zero-order valence-electron chi connectivity index (χ0n) is 19.6. The lowest BCUT2D eigenvalue weighted by Crippen LogP contribution is -2.14. The second-order valence-corrected chi connectivity index (χ2v) is 8.83. The quantitative estimate of drug-likeness (QED) is 0.328. The van der Waals surface area contributed by atoms with E-state index >= 15 is 0 Å². The zero-order chi connectivity index (χ0) is 23.6. The first-order valence-electron chi connectivity index (χ1n) is 12.2. The molecule has 5 heteroatoms. The fraction of sp³-hybridized carbons (Fsp3) is 0.345. The highest BCUT2D eigenvalue weighted by molar-refractivity contribution is 5.51. The molecule has 34 heavy (non-hydrogen) atoms. The van der Waals surface area contributed by atoms with Crippen LogP contribution in [0.2, 0.25) is 0 Å². The molecule has 2 heterocycles. The molecule has 2 N–H and O–H groups in total. The number of fused-ring (bicyclic) bond motifs is 1. The molecule has 0 saturated heterocycles. The lowest BCUT2D eigenvalue weighted by atomic mass is 10.0. The standard InChI is InChI=1S/C29H33FN2O2/c30-27-20-22(14-18-28(27)34-21-23-8-3-1-4-9-23)13-17-26(33)12-6-2-5-11-25-16-15-24-10-7-19-31-29(24)32-25/h1,3-4,8-9,13-18,20,26,33H,2,5-7,10-12,19,21H2,(H,31,32)/b17-13+/t26-/m1/s1. The number of aryl methyl sites for hydroxylation is 2. The molecule has 1 aliphatic rings. The topological polar surface area (TPSA) is 54.4 Å². The van der Waals surface area contributed by atoms with Gasteiger partial charge in [0.1, 0.15) is 12.4 Å². The number of unbranched alkanes of at least 4 members (excludes halogenated alkanes) is 2. The summed E-state index contributed by atoms with van der Waals surface area (Å²) in [6.45, 7) is 1.33. The van der Waals surface area contributed by atoms with E-state index < -0.39 is 11.9 Å². The Balaban J connectivity index is 1.16. The molecule has 0 unspecified atom stereocenters. The summed E-state index contributed by atoms with van der Waals surface area (Å²) in [5.74, 6) is 0.876. The summed E-state index contributed by atoms with van der Waals surface area (Å²) in [5, 5.41) is 13.7. The fourth-order valence-electron chi connectivity index (χ4n) is 4.14. The number of ether oxygens (including phenoxy) is 1. The number of halogens is 1. The van der Waals surface area contributed by atoms with Crippen LogP contribution in [0.3, 0.4) is 0 Å². The van der Waals surface area contributed by atoms with Gasteiger partial charge in [0, 0.05) is 12.2 Å². The largest absolute Gasteiger partial charge is 0.486 e. The van der Waals surface area contributed by atoms with Crippen LogP contribution in [-0.2, 0) is 19.4 Å². The van der Waals surface area contributed by atoms with Crippen LogP contribution in [0.4, 0.5) is 10.2 Å². The van der Waals surface area contributed by atoms with E-state index in [1.807, 2.05) is 30.3 Å². The molecule has 0 aliphatic carbocycles. The summed E-state index contributed by atoms with van der Waals surface area (Å²) in [6.07, 6.45) is 9.92. The number of hydrogen-bond donors (Lipinski definition) is 2. The number of aromatic nitrogens is 1. The Labute approximate surface area is 201 Å². The second-order valence-electron chi connectivity index (χ2n) is 8.83. The smallest absolute Gasteiger partial charge is 0.165 e. The average molecular weight is 461 g/mol. The third-order valence-corrected chi connectivity index (χ3v) is 6.09. The van der Waals surface area contributed by atoms with Crippen LogP contribution < -0.4 is 10.1 Å². The summed E-state index contributed by atoms with van der Waals surface area (Å²) in [4.78, 5) is 4.74. The van der Waals surface area contributed by atoms with Gasteiger partial charge in [-0.3, -0.25) is 0 Å². The van der Waals surface area contributed by atoms with Crippen LogP contribution in [0, 0.1) is 5.82 Å². The molecule has 2 aromatic carbocycles. The van der Waals surface area contributed by atoms with E-state index in [0.29, 0.717) is 18.6 Å². The summed E-state index contributed by atoms with van der Waals surface area (Å²) in [6, 6.07) is 18.9. The van der Waals surface area contributed by atoms with Gasteiger partial charge in [-0.15, -0.1) is 0 Å². The van der Waals surface area contributed by atoms with Crippen molar-refractivity contribution in [3.63, 3.8) is 0 Å². The van der Waals surface area contributed by atoms with E-state index in [9.17, 15) is 9.50 Å². The molecule has 1 atom stereocenters. The van der Waals surface area contributed by atoms with Crippen molar-refractivity contribution in [2.24, 2.45) is 0 Å². The molecule has 0 saturated carbocycles. The van der Waals surface area contributed by atoms with Gasteiger partial charge in [-0.2, -0.15) is 0 Å². The van der Waals surface area contributed by atoms with Crippen LogP contribution in [0.15, 0.2) is 66.7 Å². The van der Waals surface area contributed by atoms with Gasteiger partial charge in [0.15, 0.2) is 11.6 Å². The highest BCUT2D eigenvalue weighted by atomic mass is 19.1. The predicted molar refractivity (Wildman–Crippen MR) is 135 cm³/mol. The molecule has 0 spiro atoms. The summed E-state index contributed by atoms with van der Waals surface area (Å²) in [7, 11) is 0. The van der Waals surface area contributed by atoms with E-state index in [2.05, 4.69) is 17.4 Å². The van der Waals surface area contributed by atoms with Crippen molar-refractivity contribution in [2.45, 2.75) is 57.7 Å². The Bertz CT molecular complexity index is 1080. The van der Waals surface area contributed by atoms with Gasteiger partial charge in [-0.25, -0.2) is 9.37 Å². The minimum atomic E-state index is -0.539. The second kappa shape index (κ2) is 12.3. The summed E-state index contributed by atoms with van der Waals surface area (Å²) in [5.41, 5.74) is 4.15. The summed E-state index contributed by atoms with van der Waals surface area (Å²) >= 11 is 0. The first-order valence-corrected chi connectivity index (χ1v) is 12.2. The highest BCUT2D eigenvalue weighted by Crippen LogP contribution is 2.22. The molecule has 1 aromatic heterocycles. The summed E-state index contributed by atoms with van der Waals surface area (Å²) < 4.78 is 19.9. The van der Waals surface area contributed by atoms with Gasteiger partial charge in [0.05, 0.1) is 6.10 Å².